The first-order valence-electron chi connectivity index (χ1n) is 8.52. The molecule has 0 bridgehead atoms. The zero-order chi connectivity index (χ0) is 19.6. The molecular formula is C20H22N4O3. The number of carbonyl (C=O) groups is 2. The molecule has 0 aliphatic carbocycles. The Labute approximate surface area is 158 Å². The summed E-state index contributed by atoms with van der Waals surface area (Å²) in [5, 5.41) is 0. The normalized spacial score (nSPS) is 15.3. The summed E-state index contributed by atoms with van der Waals surface area (Å²) in [6, 6.07) is 7.74. The minimum absolute atomic E-state index is 0.139. The summed E-state index contributed by atoms with van der Waals surface area (Å²) in [5.41, 5.74) is 3.57. The lowest BCUT2D eigenvalue weighted by Crippen LogP contribution is -2.32. The molecule has 7 nitrogen and oxygen atoms in total. The summed E-state index contributed by atoms with van der Waals surface area (Å²) in [6.07, 6.45) is 7.04. The van der Waals surface area contributed by atoms with E-state index in [4.69, 9.17) is 4.74 Å². The van der Waals surface area contributed by atoms with Crippen molar-refractivity contribution in [3.63, 3.8) is 0 Å². The summed E-state index contributed by atoms with van der Waals surface area (Å²) < 4.78 is 5.40. The highest BCUT2D eigenvalue weighted by atomic mass is 16.6. The lowest BCUT2D eigenvalue weighted by molar-refractivity contribution is 0.167. The summed E-state index contributed by atoms with van der Waals surface area (Å²) in [6.45, 7) is 0. The molecule has 2 aliphatic rings. The molecule has 0 spiro atoms. The number of aliphatic imine (C=N–C) groups is 1. The van der Waals surface area contributed by atoms with Gasteiger partial charge in [0.15, 0.2) is 0 Å². The Hall–Kier alpha value is -3.35. The molecule has 0 saturated carbocycles. The molecule has 140 valence electrons. The second-order valence-corrected chi connectivity index (χ2v) is 6.62. The lowest BCUT2D eigenvalue weighted by atomic mass is 9.95. The molecule has 1 aromatic rings. The van der Waals surface area contributed by atoms with Gasteiger partial charge in [-0.3, -0.25) is 4.90 Å². The molecule has 27 heavy (non-hydrogen) atoms. The van der Waals surface area contributed by atoms with Crippen molar-refractivity contribution in [1.82, 2.24) is 14.7 Å². The van der Waals surface area contributed by atoms with E-state index in [0.29, 0.717) is 18.0 Å². The standard InChI is InChI=1S/C20H22N4O3/c1-22(2)19(25)24-11-9-14(10-12-24)18-16-8-6-5-7-15(16)13-17(21-18)27-20(26)23(3)4/h5-12H,13H2,1-4H3. The average molecular weight is 366 g/mol. The van der Waals surface area contributed by atoms with Crippen LogP contribution < -0.4 is 0 Å². The molecule has 0 atom stereocenters. The highest BCUT2D eigenvalue weighted by Crippen LogP contribution is 2.31. The van der Waals surface area contributed by atoms with Crippen LogP contribution in [-0.4, -0.2) is 60.9 Å². The average Bonchev–Trinajstić information content (AvgIpc) is 2.66. The fraction of sp³-hybridized carbons (Fsp3) is 0.250. The van der Waals surface area contributed by atoms with E-state index in [2.05, 4.69) is 4.99 Å². The van der Waals surface area contributed by atoms with Gasteiger partial charge in [0, 0.05) is 51.7 Å². The highest BCUT2D eigenvalue weighted by Gasteiger charge is 2.23. The predicted molar refractivity (Wildman–Crippen MR) is 104 cm³/mol. The Morgan fingerprint density at radius 1 is 1.04 bits per heavy atom. The summed E-state index contributed by atoms with van der Waals surface area (Å²) >= 11 is 0. The number of rotatable bonds is 0. The smallest absolute Gasteiger partial charge is 0.395 e. The number of carbonyl (C=O) groups excluding carboxylic acids is 2. The second-order valence-electron chi connectivity index (χ2n) is 6.62. The van der Waals surface area contributed by atoms with E-state index >= 15 is 0 Å². The van der Waals surface area contributed by atoms with Crippen LogP contribution in [0.3, 0.4) is 0 Å². The largest absolute Gasteiger partial charge is 0.415 e. The Kier molecular flexibility index (Phi) is 5.12. The van der Waals surface area contributed by atoms with Crippen LogP contribution in [0.2, 0.25) is 0 Å². The van der Waals surface area contributed by atoms with E-state index in [-0.39, 0.29) is 6.03 Å². The van der Waals surface area contributed by atoms with Crippen molar-refractivity contribution in [3.8, 4) is 0 Å². The van der Waals surface area contributed by atoms with Gasteiger partial charge < -0.3 is 14.5 Å². The number of amides is 3. The number of hydrogen-bond donors (Lipinski definition) is 0. The second kappa shape index (κ2) is 7.49. The maximum absolute atomic E-state index is 12.1. The van der Waals surface area contributed by atoms with Gasteiger partial charge in [-0.1, -0.05) is 24.3 Å². The van der Waals surface area contributed by atoms with Gasteiger partial charge in [0.05, 0.1) is 12.1 Å². The third kappa shape index (κ3) is 3.92. The van der Waals surface area contributed by atoms with Crippen LogP contribution in [0, 0.1) is 0 Å². The Morgan fingerprint density at radius 3 is 2.33 bits per heavy atom. The molecule has 3 rings (SSSR count). The van der Waals surface area contributed by atoms with Crippen LogP contribution in [0.15, 0.2) is 59.4 Å². The van der Waals surface area contributed by atoms with Crippen molar-refractivity contribution in [2.45, 2.75) is 6.42 Å². The fourth-order valence-electron chi connectivity index (χ4n) is 2.71. The SMILES string of the molecule is CN(C)C(=O)OC1=NC(=C2C=CN(C(=O)N(C)C)C=C2)c2ccccc2C1. The minimum atomic E-state index is -0.463. The number of ether oxygens (including phenoxy) is 1. The van der Waals surface area contributed by atoms with Crippen molar-refractivity contribution >= 4 is 23.7 Å². The van der Waals surface area contributed by atoms with E-state index in [1.54, 1.807) is 40.6 Å². The quantitative estimate of drug-likeness (QED) is 0.709. The number of nitrogens with zero attached hydrogens (tertiary/aromatic N) is 4. The maximum Gasteiger partial charge on any atom is 0.415 e. The number of hydrogen-bond acceptors (Lipinski definition) is 4. The molecule has 0 aromatic heterocycles. The van der Waals surface area contributed by atoms with Crippen molar-refractivity contribution in [2.24, 2.45) is 4.99 Å². The molecule has 0 saturated heterocycles. The maximum atomic E-state index is 12.1. The number of urea groups is 1. The van der Waals surface area contributed by atoms with Gasteiger partial charge in [-0.2, -0.15) is 0 Å². The minimum Gasteiger partial charge on any atom is -0.395 e. The van der Waals surface area contributed by atoms with Crippen molar-refractivity contribution in [1.29, 1.82) is 0 Å². The van der Waals surface area contributed by atoms with Crippen LogP contribution in [0.1, 0.15) is 11.1 Å². The predicted octanol–water partition coefficient (Wildman–Crippen LogP) is 3.08. The Bertz CT molecular complexity index is 878. The molecule has 7 heteroatoms. The summed E-state index contributed by atoms with van der Waals surface area (Å²) in [7, 11) is 6.65. The Morgan fingerprint density at radius 2 is 1.70 bits per heavy atom. The first kappa shape index (κ1) is 18.4. The van der Waals surface area contributed by atoms with Gasteiger partial charge in [-0.25, -0.2) is 14.6 Å². The van der Waals surface area contributed by atoms with E-state index in [1.165, 1.54) is 14.7 Å². The van der Waals surface area contributed by atoms with Gasteiger partial charge in [-0.15, -0.1) is 0 Å². The van der Waals surface area contributed by atoms with E-state index in [1.807, 2.05) is 36.4 Å². The van der Waals surface area contributed by atoms with Gasteiger partial charge in [0.1, 0.15) is 0 Å². The van der Waals surface area contributed by atoms with Gasteiger partial charge in [-0.05, 0) is 17.7 Å². The fourth-order valence-corrected chi connectivity index (χ4v) is 2.71. The first-order valence-corrected chi connectivity index (χ1v) is 8.52. The lowest BCUT2D eigenvalue weighted by Gasteiger charge is -2.23. The molecule has 0 fully saturated rings. The van der Waals surface area contributed by atoms with E-state index in [0.717, 1.165) is 16.7 Å². The van der Waals surface area contributed by atoms with Crippen LogP contribution in [0.4, 0.5) is 9.59 Å². The van der Waals surface area contributed by atoms with Crippen LogP contribution in [-0.2, 0) is 11.2 Å². The monoisotopic (exact) mass is 366 g/mol. The zero-order valence-electron chi connectivity index (χ0n) is 15.8. The molecule has 2 heterocycles. The highest BCUT2D eigenvalue weighted by molar-refractivity contribution is 5.97. The molecule has 0 unspecified atom stereocenters. The number of benzene rings is 1. The van der Waals surface area contributed by atoms with Gasteiger partial charge >= 0.3 is 12.1 Å². The van der Waals surface area contributed by atoms with Crippen LogP contribution >= 0.6 is 0 Å². The molecule has 1 aromatic carbocycles. The molecule has 0 radical (unpaired) electrons. The molecular weight excluding hydrogens is 344 g/mol. The van der Waals surface area contributed by atoms with Crippen molar-refractivity contribution < 1.29 is 14.3 Å². The molecule has 3 amide bonds. The van der Waals surface area contributed by atoms with Crippen LogP contribution in [0.25, 0.3) is 5.70 Å². The Balaban J connectivity index is 1.97. The summed E-state index contributed by atoms with van der Waals surface area (Å²) in [4.78, 5) is 32.9. The van der Waals surface area contributed by atoms with Gasteiger partial charge in [0.25, 0.3) is 0 Å². The van der Waals surface area contributed by atoms with Crippen molar-refractivity contribution in [3.05, 3.63) is 65.5 Å². The summed E-state index contributed by atoms with van der Waals surface area (Å²) in [5.74, 6) is 0.350. The van der Waals surface area contributed by atoms with E-state index in [9.17, 15) is 9.59 Å². The topological polar surface area (TPSA) is 65.5 Å². The first-order chi connectivity index (χ1) is 12.9. The zero-order valence-corrected chi connectivity index (χ0v) is 15.8. The number of fused-ring (bicyclic) bond motifs is 1. The van der Waals surface area contributed by atoms with Crippen LogP contribution in [0.5, 0.6) is 0 Å². The third-order valence-corrected chi connectivity index (χ3v) is 4.13. The molecule has 2 aliphatic heterocycles. The third-order valence-electron chi connectivity index (χ3n) is 4.13. The van der Waals surface area contributed by atoms with E-state index < -0.39 is 6.09 Å². The van der Waals surface area contributed by atoms with Gasteiger partial charge in [0.2, 0.25) is 5.90 Å². The molecule has 0 N–H and O–H groups in total. The number of allylic oxidation sites excluding steroid dienone is 3. The van der Waals surface area contributed by atoms with Crippen molar-refractivity contribution in [2.75, 3.05) is 28.2 Å².